The number of nitrogens with one attached hydrogen (secondary N) is 1. The zero-order valence-corrected chi connectivity index (χ0v) is 20.0. The van der Waals surface area contributed by atoms with Crippen LogP contribution in [0.4, 0.5) is 11.4 Å². The van der Waals surface area contributed by atoms with Crippen molar-refractivity contribution >= 4 is 17.3 Å². The third-order valence-electron chi connectivity index (χ3n) is 5.52. The number of carbonyl (C=O) groups excluding carboxylic acids is 1. The van der Waals surface area contributed by atoms with Crippen LogP contribution in [-0.4, -0.2) is 11.6 Å². The Labute approximate surface area is 202 Å². The molecule has 0 bridgehead atoms. The maximum absolute atomic E-state index is 12.9. The first-order valence-corrected chi connectivity index (χ1v) is 11.7. The van der Waals surface area contributed by atoms with Crippen molar-refractivity contribution < 1.29 is 9.53 Å². The van der Waals surface area contributed by atoms with Gasteiger partial charge in [-0.05, 0) is 80.1 Å². The minimum atomic E-state index is -0.558. The summed E-state index contributed by atoms with van der Waals surface area (Å²) < 4.78 is 5.67. The summed E-state index contributed by atoms with van der Waals surface area (Å²) in [6, 6.07) is 34.9. The second-order valence-corrected chi connectivity index (χ2v) is 9.44. The van der Waals surface area contributed by atoms with Gasteiger partial charge in [0, 0.05) is 5.69 Å². The van der Waals surface area contributed by atoms with Crippen LogP contribution in [0.2, 0.25) is 0 Å². The molecule has 34 heavy (non-hydrogen) atoms. The smallest absolute Gasteiger partial charge is 0.340 e. The first kappa shape index (κ1) is 23.3. The highest BCUT2D eigenvalue weighted by Crippen LogP contribution is 2.28. The van der Waals surface area contributed by atoms with Crippen molar-refractivity contribution in [3.8, 4) is 11.1 Å². The quantitative estimate of drug-likeness (QED) is 0.292. The normalized spacial score (nSPS) is 11.1. The fourth-order valence-corrected chi connectivity index (χ4v) is 3.83. The summed E-state index contributed by atoms with van der Waals surface area (Å²) in [4.78, 5) is 12.9. The van der Waals surface area contributed by atoms with Crippen LogP contribution in [-0.2, 0) is 17.6 Å². The SMILES string of the molecule is CC(C)(C)OC(=O)c1ccc(CCc2ccccc2)cc1Nc1ccc(-c2ccccc2)cc1. The Bertz CT molecular complexity index is 1220. The Morgan fingerprint density at radius 3 is 1.94 bits per heavy atom. The predicted octanol–water partition coefficient (Wildman–Crippen LogP) is 7.84. The molecule has 0 amide bonds. The first-order chi connectivity index (χ1) is 16.4. The molecule has 0 atom stereocenters. The molecule has 0 saturated carbocycles. The van der Waals surface area contributed by atoms with Crippen molar-refractivity contribution in [1.29, 1.82) is 0 Å². The van der Waals surface area contributed by atoms with E-state index in [0.717, 1.165) is 29.8 Å². The van der Waals surface area contributed by atoms with Gasteiger partial charge in [-0.3, -0.25) is 0 Å². The molecule has 3 nitrogen and oxygen atoms in total. The molecule has 0 aliphatic heterocycles. The average molecular weight is 450 g/mol. The van der Waals surface area contributed by atoms with Crippen molar-refractivity contribution in [2.75, 3.05) is 5.32 Å². The number of hydrogen-bond acceptors (Lipinski definition) is 3. The standard InChI is InChI=1S/C31H31NO2/c1-31(2,3)34-30(33)28-21-16-24(15-14-23-10-6-4-7-11-23)22-29(28)32-27-19-17-26(18-20-27)25-12-8-5-9-13-25/h4-13,16-22,32H,14-15H2,1-3H3. The summed E-state index contributed by atoms with van der Waals surface area (Å²) in [6.07, 6.45) is 1.83. The molecule has 1 N–H and O–H groups in total. The van der Waals surface area contributed by atoms with Crippen LogP contribution >= 0.6 is 0 Å². The summed E-state index contributed by atoms with van der Waals surface area (Å²) in [6.45, 7) is 5.65. The molecular formula is C31H31NO2. The number of hydrogen-bond donors (Lipinski definition) is 1. The van der Waals surface area contributed by atoms with E-state index in [2.05, 4.69) is 59.9 Å². The topological polar surface area (TPSA) is 38.3 Å². The lowest BCUT2D eigenvalue weighted by Gasteiger charge is -2.21. The molecule has 4 rings (SSSR count). The molecule has 0 radical (unpaired) electrons. The molecule has 0 fully saturated rings. The van der Waals surface area contributed by atoms with Crippen LogP contribution in [0.3, 0.4) is 0 Å². The van der Waals surface area contributed by atoms with E-state index < -0.39 is 5.60 Å². The molecule has 0 aliphatic rings. The van der Waals surface area contributed by atoms with Crippen molar-refractivity contribution in [2.45, 2.75) is 39.2 Å². The van der Waals surface area contributed by atoms with Crippen molar-refractivity contribution in [3.63, 3.8) is 0 Å². The van der Waals surface area contributed by atoms with Gasteiger partial charge < -0.3 is 10.1 Å². The molecule has 0 spiro atoms. The highest BCUT2D eigenvalue weighted by Gasteiger charge is 2.21. The molecule has 0 aromatic heterocycles. The lowest BCUT2D eigenvalue weighted by atomic mass is 10.0. The van der Waals surface area contributed by atoms with Crippen LogP contribution < -0.4 is 5.32 Å². The molecule has 3 heteroatoms. The maximum atomic E-state index is 12.9. The second-order valence-electron chi connectivity index (χ2n) is 9.44. The van der Waals surface area contributed by atoms with E-state index in [-0.39, 0.29) is 5.97 Å². The number of rotatable bonds is 7. The highest BCUT2D eigenvalue weighted by atomic mass is 16.6. The van der Waals surface area contributed by atoms with E-state index >= 15 is 0 Å². The number of aryl methyl sites for hydroxylation is 2. The Morgan fingerprint density at radius 2 is 1.29 bits per heavy atom. The van der Waals surface area contributed by atoms with Crippen LogP contribution in [0.25, 0.3) is 11.1 Å². The second kappa shape index (κ2) is 10.4. The minimum Gasteiger partial charge on any atom is -0.456 e. The summed E-state index contributed by atoms with van der Waals surface area (Å²) in [5.74, 6) is -0.328. The molecule has 4 aromatic rings. The fourth-order valence-electron chi connectivity index (χ4n) is 3.83. The van der Waals surface area contributed by atoms with Crippen molar-refractivity contribution in [3.05, 3.63) is 120 Å². The highest BCUT2D eigenvalue weighted by molar-refractivity contribution is 5.97. The summed E-state index contributed by atoms with van der Waals surface area (Å²) >= 11 is 0. The fraction of sp³-hybridized carbons (Fsp3) is 0.194. The van der Waals surface area contributed by atoms with Crippen molar-refractivity contribution in [2.24, 2.45) is 0 Å². The maximum Gasteiger partial charge on any atom is 0.340 e. The largest absolute Gasteiger partial charge is 0.456 e. The zero-order valence-electron chi connectivity index (χ0n) is 20.0. The van der Waals surface area contributed by atoms with Gasteiger partial charge in [-0.25, -0.2) is 4.79 Å². The third-order valence-corrected chi connectivity index (χ3v) is 5.52. The molecule has 0 aliphatic carbocycles. The van der Waals surface area contributed by atoms with Crippen LogP contribution in [0.1, 0.15) is 42.3 Å². The van der Waals surface area contributed by atoms with Gasteiger partial charge >= 0.3 is 5.97 Å². The number of anilines is 2. The number of ether oxygens (including phenoxy) is 1. The van der Waals surface area contributed by atoms with E-state index in [1.54, 1.807) is 0 Å². The molecule has 0 unspecified atom stereocenters. The van der Waals surface area contributed by atoms with Crippen LogP contribution in [0.5, 0.6) is 0 Å². The van der Waals surface area contributed by atoms with Crippen LogP contribution in [0.15, 0.2) is 103 Å². The summed E-state index contributed by atoms with van der Waals surface area (Å²) in [7, 11) is 0. The van der Waals surface area contributed by atoms with E-state index in [9.17, 15) is 4.79 Å². The zero-order chi connectivity index (χ0) is 24.0. The lowest BCUT2D eigenvalue weighted by Crippen LogP contribution is -2.24. The molecule has 4 aromatic carbocycles. The van der Waals surface area contributed by atoms with Gasteiger partial charge in [0.15, 0.2) is 0 Å². The summed E-state index contributed by atoms with van der Waals surface area (Å²) in [5.41, 5.74) is 6.44. The first-order valence-electron chi connectivity index (χ1n) is 11.7. The van der Waals surface area contributed by atoms with Crippen LogP contribution in [0, 0.1) is 0 Å². The van der Waals surface area contributed by atoms with E-state index in [1.807, 2.05) is 69.3 Å². The monoisotopic (exact) mass is 449 g/mol. The number of benzene rings is 4. The molecular weight excluding hydrogens is 418 g/mol. The van der Waals surface area contributed by atoms with Gasteiger partial charge in [0.25, 0.3) is 0 Å². The number of esters is 1. The van der Waals surface area contributed by atoms with Gasteiger partial charge in [-0.1, -0.05) is 78.9 Å². The lowest BCUT2D eigenvalue weighted by molar-refractivity contribution is 0.00707. The Balaban J connectivity index is 1.58. The van der Waals surface area contributed by atoms with Gasteiger partial charge in [0.2, 0.25) is 0 Å². The minimum absolute atomic E-state index is 0.328. The molecule has 0 saturated heterocycles. The van der Waals surface area contributed by atoms with Gasteiger partial charge in [-0.2, -0.15) is 0 Å². The number of carbonyl (C=O) groups is 1. The Hall–Kier alpha value is -3.85. The summed E-state index contributed by atoms with van der Waals surface area (Å²) in [5, 5.41) is 3.46. The van der Waals surface area contributed by atoms with E-state index in [4.69, 9.17) is 4.74 Å². The van der Waals surface area contributed by atoms with Gasteiger partial charge in [0.1, 0.15) is 5.60 Å². The predicted molar refractivity (Wildman–Crippen MR) is 141 cm³/mol. The van der Waals surface area contributed by atoms with Crippen molar-refractivity contribution in [1.82, 2.24) is 0 Å². The van der Waals surface area contributed by atoms with E-state index in [0.29, 0.717) is 5.56 Å². The van der Waals surface area contributed by atoms with Gasteiger partial charge in [-0.15, -0.1) is 0 Å². The van der Waals surface area contributed by atoms with Gasteiger partial charge in [0.05, 0.1) is 11.3 Å². The van der Waals surface area contributed by atoms with E-state index in [1.165, 1.54) is 16.7 Å². The Morgan fingerprint density at radius 1 is 0.706 bits per heavy atom. The molecule has 172 valence electrons. The Kier molecular flexibility index (Phi) is 7.12. The average Bonchev–Trinajstić information content (AvgIpc) is 2.83. The third kappa shape index (κ3) is 6.35. The molecule has 0 heterocycles.